The zero-order valence-electron chi connectivity index (χ0n) is 15.9. The average Bonchev–Trinajstić information content (AvgIpc) is 2.86. The molecule has 0 atom stereocenters. The highest BCUT2D eigenvalue weighted by Gasteiger charge is 2.09. The normalized spacial score (nSPS) is 11.5. The third-order valence-corrected chi connectivity index (χ3v) is 4.43. The van der Waals surface area contributed by atoms with Crippen molar-refractivity contribution in [1.82, 2.24) is 20.4 Å². The Morgan fingerprint density at radius 2 is 1.84 bits per heavy atom. The van der Waals surface area contributed by atoms with Gasteiger partial charge in [-0.25, -0.2) is 0 Å². The number of para-hydroxylation sites is 1. The van der Waals surface area contributed by atoms with Crippen LogP contribution in [-0.4, -0.2) is 43.0 Å². The highest BCUT2D eigenvalue weighted by atomic mass is 16.5. The predicted octanol–water partition coefficient (Wildman–Crippen LogP) is 2.00. The highest BCUT2D eigenvalue weighted by Crippen LogP contribution is 2.17. The number of aliphatic imine (C=N–C) groups is 1. The van der Waals surface area contributed by atoms with Crippen molar-refractivity contribution >= 4 is 5.96 Å². The van der Waals surface area contributed by atoms with Crippen molar-refractivity contribution in [2.24, 2.45) is 12.0 Å². The van der Waals surface area contributed by atoms with E-state index in [-0.39, 0.29) is 0 Å². The Hall–Kier alpha value is -2.50. The van der Waals surface area contributed by atoms with Gasteiger partial charge >= 0.3 is 0 Å². The smallest absolute Gasteiger partial charge is 0.190 e. The van der Waals surface area contributed by atoms with Crippen LogP contribution in [0.5, 0.6) is 5.75 Å². The van der Waals surface area contributed by atoms with Gasteiger partial charge in [-0.2, -0.15) is 5.10 Å². The van der Waals surface area contributed by atoms with Crippen LogP contribution < -0.4 is 15.4 Å². The monoisotopic (exact) mass is 343 g/mol. The minimum Gasteiger partial charge on any atom is -0.496 e. The molecule has 0 fully saturated rings. The molecule has 136 valence electrons. The number of aryl methyl sites for hydroxylation is 2. The van der Waals surface area contributed by atoms with Gasteiger partial charge < -0.3 is 15.4 Å². The summed E-state index contributed by atoms with van der Waals surface area (Å²) >= 11 is 0. The zero-order valence-corrected chi connectivity index (χ0v) is 15.9. The van der Waals surface area contributed by atoms with E-state index in [4.69, 9.17) is 4.74 Å². The first-order valence-electron chi connectivity index (χ1n) is 8.62. The molecular weight excluding hydrogens is 314 g/mol. The highest BCUT2D eigenvalue weighted by molar-refractivity contribution is 5.79. The minimum atomic E-state index is 0.797. The zero-order chi connectivity index (χ0) is 18.2. The molecule has 6 heteroatoms. The number of ether oxygens (including phenoxy) is 1. The third-order valence-electron chi connectivity index (χ3n) is 4.43. The van der Waals surface area contributed by atoms with E-state index in [1.54, 1.807) is 14.2 Å². The Labute approximate surface area is 150 Å². The van der Waals surface area contributed by atoms with E-state index in [1.807, 2.05) is 29.9 Å². The molecule has 0 aliphatic carbocycles. The topological polar surface area (TPSA) is 63.5 Å². The van der Waals surface area contributed by atoms with E-state index in [9.17, 15) is 0 Å². The van der Waals surface area contributed by atoms with Gasteiger partial charge in [-0.3, -0.25) is 9.67 Å². The maximum atomic E-state index is 5.39. The average molecular weight is 343 g/mol. The fourth-order valence-electron chi connectivity index (χ4n) is 2.93. The molecule has 0 radical (unpaired) electrons. The lowest BCUT2D eigenvalue weighted by molar-refractivity contribution is 0.409. The lowest BCUT2D eigenvalue weighted by atomic mass is 10.1. The van der Waals surface area contributed by atoms with Crippen LogP contribution in [0.2, 0.25) is 0 Å². The number of aromatic nitrogens is 2. The number of nitrogens with one attached hydrogen (secondary N) is 2. The minimum absolute atomic E-state index is 0.797. The second-order valence-corrected chi connectivity index (χ2v) is 6.01. The Balaban J connectivity index is 1.79. The van der Waals surface area contributed by atoms with E-state index in [0.717, 1.165) is 43.3 Å². The standard InChI is InChI=1S/C19H29N5O/c1-14-17(15(2)24(4)23-14)11-13-22-19(20-3)21-12-10-16-8-6-7-9-18(16)25-5/h6-9H,10-13H2,1-5H3,(H2,20,21,22). The third kappa shape index (κ3) is 4.98. The molecule has 25 heavy (non-hydrogen) atoms. The molecule has 6 nitrogen and oxygen atoms in total. The second kappa shape index (κ2) is 9.11. The van der Waals surface area contributed by atoms with Crippen molar-refractivity contribution < 1.29 is 4.74 Å². The summed E-state index contributed by atoms with van der Waals surface area (Å²) in [6, 6.07) is 8.09. The lowest BCUT2D eigenvalue weighted by Crippen LogP contribution is -2.39. The summed E-state index contributed by atoms with van der Waals surface area (Å²) in [6.07, 6.45) is 1.81. The Bertz CT molecular complexity index is 721. The van der Waals surface area contributed by atoms with Gasteiger partial charge in [-0.15, -0.1) is 0 Å². The Morgan fingerprint density at radius 3 is 2.44 bits per heavy atom. The van der Waals surface area contributed by atoms with Crippen LogP contribution in [-0.2, 0) is 19.9 Å². The molecule has 0 bridgehead atoms. The molecule has 0 aliphatic heterocycles. The number of hydrogen-bond acceptors (Lipinski definition) is 3. The fourth-order valence-corrected chi connectivity index (χ4v) is 2.93. The predicted molar refractivity (Wildman–Crippen MR) is 102 cm³/mol. The van der Waals surface area contributed by atoms with Crippen molar-refractivity contribution in [2.45, 2.75) is 26.7 Å². The quantitative estimate of drug-likeness (QED) is 0.596. The van der Waals surface area contributed by atoms with Crippen LogP contribution in [0.3, 0.4) is 0 Å². The first-order chi connectivity index (χ1) is 12.1. The maximum absolute atomic E-state index is 5.39. The van der Waals surface area contributed by atoms with Crippen molar-refractivity contribution in [2.75, 3.05) is 27.2 Å². The molecule has 0 aliphatic rings. The van der Waals surface area contributed by atoms with E-state index < -0.39 is 0 Å². The molecule has 1 aromatic heterocycles. The number of rotatable bonds is 7. The first kappa shape index (κ1) is 18.8. The number of methoxy groups -OCH3 is 1. The molecule has 2 rings (SSSR count). The summed E-state index contributed by atoms with van der Waals surface area (Å²) < 4.78 is 7.32. The van der Waals surface area contributed by atoms with E-state index >= 15 is 0 Å². The maximum Gasteiger partial charge on any atom is 0.190 e. The van der Waals surface area contributed by atoms with Crippen LogP contribution in [0.25, 0.3) is 0 Å². The lowest BCUT2D eigenvalue weighted by Gasteiger charge is -2.13. The first-order valence-corrected chi connectivity index (χ1v) is 8.62. The summed E-state index contributed by atoms with van der Waals surface area (Å²) in [5, 5.41) is 11.2. The van der Waals surface area contributed by atoms with Gasteiger partial charge in [0, 0.05) is 32.9 Å². The molecule has 0 saturated heterocycles. The largest absolute Gasteiger partial charge is 0.496 e. The van der Waals surface area contributed by atoms with E-state index in [1.165, 1.54) is 16.8 Å². The van der Waals surface area contributed by atoms with E-state index in [2.05, 4.69) is 40.6 Å². The molecule has 0 unspecified atom stereocenters. The van der Waals surface area contributed by atoms with E-state index in [0.29, 0.717) is 0 Å². The van der Waals surface area contributed by atoms with Gasteiger partial charge in [-0.05, 0) is 43.9 Å². The summed E-state index contributed by atoms with van der Waals surface area (Å²) in [5.41, 5.74) is 4.81. The van der Waals surface area contributed by atoms with Crippen LogP contribution in [0.15, 0.2) is 29.3 Å². The summed E-state index contributed by atoms with van der Waals surface area (Å²) in [7, 11) is 5.48. The number of nitrogens with zero attached hydrogens (tertiary/aromatic N) is 3. The Kier molecular flexibility index (Phi) is 6.86. The van der Waals surface area contributed by atoms with Crippen molar-refractivity contribution in [1.29, 1.82) is 0 Å². The molecule has 1 heterocycles. The van der Waals surface area contributed by atoms with Gasteiger partial charge in [0.05, 0.1) is 12.8 Å². The molecule has 2 aromatic rings. The van der Waals surface area contributed by atoms with Crippen molar-refractivity contribution in [3.05, 3.63) is 46.8 Å². The molecule has 0 amide bonds. The van der Waals surface area contributed by atoms with Crippen molar-refractivity contribution in [3.63, 3.8) is 0 Å². The summed E-state index contributed by atoms with van der Waals surface area (Å²) in [4.78, 5) is 4.29. The number of benzene rings is 1. The van der Waals surface area contributed by atoms with Crippen molar-refractivity contribution in [3.8, 4) is 5.75 Å². The van der Waals surface area contributed by atoms with Gasteiger partial charge in [-0.1, -0.05) is 18.2 Å². The Morgan fingerprint density at radius 1 is 1.16 bits per heavy atom. The fraction of sp³-hybridized carbons (Fsp3) is 0.474. The second-order valence-electron chi connectivity index (χ2n) is 6.01. The molecule has 1 aromatic carbocycles. The molecular formula is C19H29N5O. The molecule has 0 spiro atoms. The van der Waals surface area contributed by atoms with Gasteiger partial charge in [0.1, 0.15) is 5.75 Å². The molecule has 2 N–H and O–H groups in total. The van der Waals surface area contributed by atoms with Crippen LogP contribution in [0.1, 0.15) is 22.5 Å². The number of hydrogen-bond donors (Lipinski definition) is 2. The SMILES string of the molecule is CN=C(NCCc1ccccc1OC)NCCc1c(C)nn(C)c1C. The summed E-state index contributed by atoms with van der Waals surface area (Å²) in [5.74, 6) is 1.74. The molecule has 0 saturated carbocycles. The van der Waals surface area contributed by atoms with Gasteiger partial charge in [0.2, 0.25) is 0 Å². The number of guanidine groups is 1. The van der Waals surface area contributed by atoms with Crippen LogP contribution >= 0.6 is 0 Å². The van der Waals surface area contributed by atoms with Gasteiger partial charge in [0.25, 0.3) is 0 Å². The van der Waals surface area contributed by atoms with Crippen LogP contribution in [0, 0.1) is 13.8 Å². The van der Waals surface area contributed by atoms with Crippen LogP contribution in [0.4, 0.5) is 0 Å². The van der Waals surface area contributed by atoms with Gasteiger partial charge in [0.15, 0.2) is 5.96 Å². The summed E-state index contributed by atoms with van der Waals surface area (Å²) in [6.45, 7) is 5.78.